The lowest BCUT2D eigenvalue weighted by molar-refractivity contribution is -0.870. The van der Waals surface area contributed by atoms with Gasteiger partial charge in [-0.25, -0.2) is 4.57 Å². The molecule has 2 N–H and O–H groups in total. The Morgan fingerprint density at radius 1 is 0.402 bits per heavy atom. The summed E-state index contributed by atoms with van der Waals surface area (Å²) < 4.78 is 30.9. The molecule has 87 heavy (non-hydrogen) atoms. The van der Waals surface area contributed by atoms with Crippen LogP contribution in [0.1, 0.15) is 367 Å². The molecule has 0 spiro atoms. The number of likely N-dealkylation sites (N-methyl/N-ethyl adjacent to an activating group) is 1. The van der Waals surface area contributed by atoms with E-state index < -0.39 is 20.0 Å². The van der Waals surface area contributed by atoms with Crippen LogP contribution in [0.15, 0.2) is 60.8 Å². The van der Waals surface area contributed by atoms with Crippen molar-refractivity contribution in [1.82, 2.24) is 5.32 Å². The number of hydrogen-bond donors (Lipinski definition) is 2. The molecule has 0 saturated carbocycles. The van der Waals surface area contributed by atoms with Crippen molar-refractivity contribution in [2.45, 2.75) is 380 Å². The van der Waals surface area contributed by atoms with Crippen LogP contribution in [0.3, 0.4) is 0 Å². The number of amides is 1. The number of allylic oxidation sites excluding steroid dienone is 9. The van der Waals surface area contributed by atoms with Gasteiger partial charge in [-0.05, 0) is 76.7 Å². The minimum atomic E-state index is -4.46. The van der Waals surface area contributed by atoms with Gasteiger partial charge in [-0.15, -0.1) is 0 Å². The first-order valence-corrected chi connectivity index (χ1v) is 39.1. The number of phosphoric ester groups is 1. The van der Waals surface area contributed by atoms with Crippen LogP contribution in [0, 0.1) is 0 Å². The van der Waals surface area contributed by atoms with Gasteiger partial charge in [-0.3, -0.25) is 18.6 Å². The number of nitrogens with one attached hydrogen (secondary N) is 1. The molecule has 3 atom stereocenters. The molecule has 0 aromatic heterocycles. The molecule has 0 aromatic rings. The van der Waals surface area contributed by atoms with Crippen molar-refractivity contribution in [2.24, 2.45) is 0 Å². The molecule has 10 heteroatoms. The maximum atomic E-state index is 13.6. The number of hydrogen-bond acceptors (Lipinski definition) is 6. The fourth-order valence-electron chi connectivity index (χ4n) is 11.2. The van der Waals surface area contributed by atoms with Crippen molar-refractivity contribution < 1.29 is 37.3 Å². The van der Waals surface area contributed by atoms with E-state index in [4.69, 9.17) is 13.8 Å². The van der Waals surface area contributed by atoms with Gasteiger partial charge >= 0.3 is 13.8 Å². The second kappa shape index (κ2) is 66.6. The number of unbranched alkanes of at least 4 members (excludes halogenated alkanes) is 45. The summed E-state index contributed by atoms with van der Waals surface area (Å²) in [5.41, 5.74) is 0. The quantitative estimate of drug-likeness (QED) is 0.0205. The maximum absolute atomic E-state index is 13.6. The largest absolute Gasteiger partial charge is 0.472 e. The molecule has 510 valence electrons. The van der Waals surface area contributed by atoms with Crippen LogP contribution in [0.5, 0.6) is 0 Å². The van der Waals surface area contributed by atoms with Gasteiger partial charge in [0, 0.05) is 12.8 Å². The van der Waals surface area contributed by atoms with Crippen LogP contribution in [0.4, 0.5) is 0 Å². The molecule has 0 aromatic carbocycles. The zero-order chi connectivity index (χ0) is 63.5. The molecule has 0 rings (SSSR count). The molecule has 0 heterocycles. The number of carbonyl (C=O) groups is 2. The average molecular weight is 1240 g/mol. The standard InChI is InChI=1S/C77H145N2O7P/c1-7-10-13-16-19-22-25-28-30-32-34-36-38-39-41-43-45-47-49-52-55-58-61-64-67-70-77(81)86-75(68-65-62-59-56-53-50-27-24-21-18-15-12-9-3)74(73-85-87(82,83)84-72-71-79(4,5)6)78-76(80)69-66-63-60-57-54-51-48-46-44-42-40-37-35-33-31-29-26-23-20-17-14-11-8-2/h20,23,29,31,35,37,42,44,65,68,74-75H,7-19,21-22,24-28,30,32-34,36,38-41,43,45-64,66-67,69-73H2,1-6H3,(H-,78,80,82,83)/p+1/b23-20-,31-29-,37-35-,44-42-,68-65+. The van der Waals surface area contributed by atoms with Crippen LogP contribution in [0.2, 0.25) is 0 Å². The summed E-state index contributed by atoms with van der Waals surface area (Å²) in [5, 5.41) is 3.07. The Kier molecular flexibility index (Phi) is 64.9. The molecule has 0 aliphatic rings. The Labute approximate surface area is 541 Å². The summed E-state index contributed by atoms with van der Waals surface area (Å²) in [5.74, 6) is -0.500. The Hall–Kier alpha value is -2.29. The first-order chi connectivity index (χ1) is 42.4. The highest BCUT2D eigenvalue weighted by Crippen LogP contribution is 2.43. The lowest BCUT2D eigenvalue weighted by Crippen LogP contribution is -2.47. The van der Waals surface area contributed by atoms with Gasteiger partial charge in [0.2, 0.25) is 5.91 Å². The van der Waals surface area contributed by atoms with Gasteiger partial charge in [0.05, 0.1) is 33.8 Å². The highest BCUT2D eigenvalue weighted by molar-refractivity contribution is 7.47. The van der Waals surface area contributed by atoms with E-state index in [9.17, 15) is 19.0 Å². The summed E-state index contributed by atoms with van der Waals surface area (Å²) in [6, 6.07) is -0.855. The second-order valence-corrected chi connectivity index (χ2v) is 28.3. The van der Waals surface area contributed by atoms with Crippen LogP contribution in [-0.4, -0.2) is 74.3 Å². The Bertz CT molecular complexity index is 1670. The summed E-state index contributed by atoms with van der Waals surface area (Å²) in [4.78, 5) is 38.0. The van der Waals surface area contributed by atoms with E-state index in [2.05, 4.69) is 74.7 Å². The molecule has 3 unspecified atom stereocenters. The highest BCUT2D eigenvalue weighted by atomic mass is 31.2. The maximum Gasteiger partial charge on any atom is 0.472 e. The molecule has 0 radical (unpaired) electrons. The second-order valence-electron chi connectivity index (χ2n) is 26.8. The van der Waals surface area contributed by atoms with E-state index in [1.165, 1.54) is 244 Å². The zero-order valence-electron chi connectivity index (χ0n) is 58.5. The highest BCUT2D eigenvalue weighted by Gasteiger charge is 2.30. The van der Waals surface area contributed by atoms with E-state index in [-0.39, 0.29) is 25.1 Å². The average Bonchev–Trinajstić information content (AvgIpc) is 3.69. The topological polar surface area (TPSA) is 111 Å². The predicted molar refractivity (Wildman–Crippen MR) is 378 cm³/mol. The van der Waals surface area contributed by atoms with Crippen molar-refractivity contribution in [3.63, 3.8) is 0 Å². The van der Waals surface area contributed by atoms with E-state index >= 15 is 0 Å². The fourth-order valence-corrected chi connectivity index (χ4v) is 11.9. The fraction of sp³-hybridized carbons (Fsp3) is 0.844. The van der Waals surface area contributed by atoms with Crippen LogP contribution >= 0.6 is 7.82 Å². The van der Waals surface area contributed by atoms with Crippen molar-refractivity contribution in [2.75, 3.05) is 40.9 Å². The third-order valence-corrected chi connectivity index (χ3v) is 17.9. The molecule has 1 amide bonds. The summed E-state index contributed by atoms with van der Waals surface area (Å²) >= 11 is 0. The monoisotopic (exact) mass is 1240 g/mol. The number of carbonyl (C=O) groups excluding carboxylic acids is 2. The first-order valence-electron chi connectivity index (χ1n) is 37.6. The van der Waals surface area contributed by atoms with Crippen LogP contribution in [-0.2, 0) is 27.9 Å². The van der Waals surface area contributed by atoms with E-state index in [1.807, 2.05) is 33.3 Å². The Morgan fingerprint density at radius 2 is 0.701 bits per heavy atom. The van der Waals surface area contributed by atoms with Crippen LogP contribution in [0.25, 0.3) is 0 Å². The van der Waals surface area contributed by atoms with Crippen molar-refractivity contribution in [3.8, 4) is 0 Å². The number of nitrogens with zero attached hydrogens (tertiary/aromatic N) is 1. The van der Waals surface area contributed by atoms with E-state index in [0.29, 0.717) is 23.9 Å². The third kappa shape index (κ3) is 67.9. The molecule has 0 fully saturated rings. The lowest BCUT2D eigenvalue weighted by Gasteiger charge is -2.27. The summed E-state index contributed by atoms with van der Waals surface area (Å²) in [6.07, 6.45) is 86.7. The predicted octanol–water partition coefficient (Wildman–Crippen LogP) is 24.1. The smallest absolute Gasteiger partial charge is 0.456 e. The zero-order valence-corrected chi connectivity index (χ0v) is 59.4. The summed E-state index contributed by atoms with van der Waals surface area (Å²) in [6.45, 7) is 7.03. The van der Waals surface area contributed by atoms with Gasteiger partial charge in [0.25, 0.3) is 0 Å². The molecule has 0 aliphatic carbocycles. The van der Waals surface area contributed by atoms with Gasteiger partial charge in [0.1, 0.15) is 19.3 Å². The number of rotatable bonds is 69. The Balaban J connectivity index is 5.05. The SMILES string of the molecule is CCCCC/C=C\C/C=C\C/C=C\C/C=C\CCCCCCCCCC(=O)NC(COP(=O)(O)OCC[N+](C)(C)C)C(/C=C/CCCCCCCCCCCCC)OC(=O)CCCCCCCCCCCCCCCCCCCCCCCCCCC. The molecule has 9 nitrogen and oxygen atoms in total. The van der Waals surface area contributed by atoms with Gasteiger partial charge < -0.3 is 19.4 Å². The lowest BCUT2D eigenvalue weighted by atomic mass is 10.0. The molecule has 0 aliphatic heterocycles. The third-order valence-electron chi connectivity index (χ3n) is 17.0. The van der Waals surface area contributed by atoms with Crippen molar-refractivity contribution >= 4 is 19.7 Å². The Morgan fingerprint density at radius 3 is 1.07 bits per heavy atom. The van der Waals surface area contributed by atoms with E-state index in [1.54, 1.807) is 0 Å². The first kappa shape index (κ1) is 84.7. The van der Waals surface area contributed by atoms with E-state index in [0.717, 1.165) is 89.9 Å². The number of ether oxygens (including phenoxy) is 1. The minimum absolute atomic E-state index is 0.0383. The van der Waals surface area contributed by atoms with Gasteiger partial charge in [0.15, 0.2) is 0 Å². The number of esters is 1. The molecular weight excluding hydrogens is 1100 g/mol. The van der Waals surface area contributed by atoms with Crippen molar-refractivity contribution in [1.29, 1.82) is 0 Å². The molecular formula is C77H146N2O7P+. The van der Waals surface area contributed by atoms with Crippen molar-refractivity contribution in [3.05, 3.63) is 60.8 Å². The van der Waals surface area contributed by atoms with Gasteiger partial charge in [-0.1, -0.05) is 339 Å². The molecule has 0 bridgehead atoms. The van der Waals surface area contributed by atoms with Crippen LogP contribution < -0.4 is 5.32 Å². The number of phosphoric acid groups is 1. The molecule has 0 saturated heterocycles. The normalized spacial score (nSPS) is 13.8. The minimum Gasteiger partial charge on any atom is -0.456 e. The number of quaternary nitrogens is 1. The van der Waals surface area contributed by atoms with Gasteiger partial charge in [-0.2, -0.15) is 0 Å². The summed E-state index contributed by atoms with van der Waals surface area (Å²) in [7, 11) is 1.50.